The van der Waals surface area contributed by atoms with Crippen molar-refractivity contribution < 1.29 is 18.8 Å². The first-order chi connectivity index (χ1) is 11.8. The molecule has 0 N–H and O–H groups in total. The molecule has 0 saturated carbocycles. The fourth-order valence-corrected chi connectivity index (χ4v) is 3.51. The molecular formula is C16H13N3O4S. The van der Waals surface area contributed by atoms with Crippen molar-refractivity contribution in [1.29, 1.82) is 0 Å². The molecule has 24 heavy (non-hydrogen) atoms. The molecular weight excluding hydrogens is 330 g/mol. The van der Waals surface area contributed by atoms with Crippen molar-refractivity contribution in [2.24, 2.45) is 4.99 Å². The lowest BCUT2D eigenvalue weighted by molar-refractivity contribution is 0.0962. The fraction of sp³-hybridized carbons (Fsp3) is 0.188. The van der Waals surface area contributed by atoms with E-state index in [9.17, 15) is 4.79 Å². The standard InChI is InChI=1S/C16H13N3O4S/c1-2-5-19-10-8-12-13(22-7-6-21-12)9-14(10)24-16(19)18-15(20)11-3-4-17-23-11/h2-4,8-9H,1,5-7H2. The summed E-state index contributed by atoms with van der Waals surface area (Å²) in [4.78, 5) is 16.9. The minimum atomic E-state index is -0.478. The number of thiazole rings is 1. The van der Waals surface area contributed by atoms with Crippen molar-refractivity contribution in [1.82, 2.24) is 9.72 Å². The molecule has 0 radical (unpaired) electrons. The molecule has 1 aliphatic rings. The molecule has 0 spiro atoms. The highest BCUT2D eigenvalue weighted by atomic mass is 32.1. The Bertz CT molecular complexity index is 985. The molecule has 2 aromatic heterocycles. The number of benzene rings is 1. The second kappa shape index (κ2) is 5.97. The predicted octanol–water partition coefficient (Wildman–Crippen LogP) is 2.39. The van der Waals surface area contributed by atoms with Gasteiger partial charge < -0.3 is 18.6 Å². The number of ether oxygens (including phenoxy) is 2. The van der Waals surface area contributed by atoms with Crippen LogP contribution in [-0.2, 0) is 6.54 Å². The van der Waals surface area contributed by atoms with Gasteiger partial charge in [-0.05, 0) is 0 Å². The molecule has 1 aliphatic heterocycles. The van der Waals surface area contributed by atoms with Crippen LogP contribution in [0, 0.1) is 0 Å². The van der Waals surface area contributed by atoms with E-state index in [1.54, 1.807) is 6.08 Å². The number of allylic oxidation sites excluding steroid dienone is 1. The highest BCUT2D eigenvalue weighted by molar-refractivity contribution is 7.16. The van der Waals surface area contributed by atoms with Gasteiger partial charge in [-0.2, -0.15) is 4.99 Å². The first-order valence-electron chi connectivity index (χ1n) is 7.30. The first kappa shape index (κ1) is 14.7. The van der Waals surface area contributed by atoms with Gasteiger partial charge in [0, 0.05) is 24.7 Å². The van der Waals surface area contributed by atoms with E-state index < -0.39 is 5.91 Å². The molecule has 3 heterocycles. The molecule has 4 rings (SSSR count). The van der Waals surface area contributed by atoms with Crippen molar-refractivity contribution in [3.05, 3.63) is 47.6 Å². The Morgan fingerprint density at radius 2 is 2.17 bits per heavy atom. The summed E-state index contributed by atoms with van der Waals surface area (Å²) in [5, 5.41) is 3.53. The zero-order valence-corrected chi connectivity index (χ0v) is 13.4. The Balaban J connectivity index is 1.89. The summed E-state index contributed by atoms with van der Waals surface area (Å²) in [7, 11) is 0. The smallest absolute Gasteiger partial charge is 0.318 e. The lowest BCUT2D eigenvalue weighted by atomic mass is 10.2. The average molecular weight is 343 g/mol. The summed E-state index contributed by atoms with van der Waals surface area (Å²) in [6.07, 6.45) is 3.16. The maximum atomic E-state index is 12.2. The van der Waals surface area contributed by atoms with Gasteiger partial charge in [0.25, 0.3) is 0 Å². The summed E-state index contributed by atoms with van der Waals surface area (Å²) >= 11 is 1.39. The number of carbonyl (C=O) groups excluding carboxylic acids is 1. The number of nitrogens with zero attached hydrogens (tertiary/aromatic N) is 3. The Hall–Kier alpha value is -2.87. The summed E-state index contributed by atoms with van der Waals surface area (Å²) < 4.78 is 19.0. The van der Waals surface area contributed by atoms with E-state index in [1.807, 2.05) is 16.7 Å². The van der Waals surface area contributed by atoms with Crippen LogP contribution in [0.3, 0.4) is 0 Å². The Kier molecular flexibility index (Phi) is 3.66. The molecule has 0 atom stereocenters. The van der Waals surface area contributed by atoms with Gasteiger partial charge in [-0.3, -0.25) is 4.79 Å². The number of fused-ring (bicyclic) bond motifs is 2. The highest BCUT2D eigenvalue weighted by Gasteiger charge is 2.17. The van der Waals surface area contributed by atoms with Crippen molar-refractivity contribution >= 4 is 27.5 Å². The van der Waals surface area contributed by atoms with E-state index in [0.717, 1.165) is 10.2 Å². The van der Waals surface area contributed by atoms with Crippen LogP contribution < -0.4 is 14.3 Å². The van der Waals surface area contributed by atoms with Crippen LogP contribution in [0.25, 0.3) is 10.2 Å². The molecule has 1 aromatic carbocycles. The fourth-order valence-electron chi connectivity index (χ4n) is 2.47. The van der Waals surface area contributed by atoms with Crippen LogP contribution >= 0.6 is 11.3 Å². The molecule has 0 saturated heterocycles. The number of rotatable bonds is 3. The van der Waals surface area contributed by atoms with Gasteiger partial charge in [0.2, 0.25) is 5.76 Å². The minimum absolute atomic E-state index is 0.101. The normalized spacial score (nSPS) is 14.1. The SMILES string of the molecule is C=CCn1c(=NC(=O)c2ccno2)sc2cc3c(cc21)OCCO3. The molecule has 0 bridgehead atoms. The van der Waals surface area contributed by atoms with Gasteiger partial charge in [0.05, 0.1) is 16.4 Å². The molecule has 0 unspecified atom stereocenters. The van der Waals surface area contributed by atoms with Crippen molar-refractivity contribution in [2.45, 2.75) is 6.54 Å². The second-order valence-corrected chi connectivity index (χ2v) is 6.05. The van der Waals surface area contributed by atoms with Crippen LogP contribution in [0.2, 0.25) is 0 Å². The van der Waals surface area contributed by atoms with E-state index in [4.69, 9.17) is 14.0 Å². The lowest BCUT2D eigenvalue weighted by Crippen LogP contribution is -2.17. The monoisotopic (exact) mass is 343 g/mol. The van der Waals surface area contributed by atoms with E-state index in [-0.39, 0.29) is 5.76 Å². The summed E-state index contributed by atoms with van der Waals surface area (Å²) in [6, 6.07) is 5.30. The third-order valence-electron chi connectivity index (χ3n) is 3.50. The zero-order valence-electron chi connectivity index (χ0n) is 12.6. The Morgan fingerprint density at radius 1 is 1.38 bits per heavy atom. The zero-order chi connectivity index (χ0) is 16.5. The first-order valence-corrected chi connectivity index (χ1v) is 8.11. The molecule has 7 nitrogen and oxygen atoms in total. The maximum absolute atomic E-state index is 12.2. The molecule has 8 heteroatoms. The number of hydrogen-bond donors (Lipinski definition) is 0. The summed E-state index contributed by atoms with van der Waals surface area (Å²) in [5.74, 6) is 1.02. The van der Waals surface area contributed by atoms with Crippen LogP contribution in [0.1, 0.15) is 10.6 Å². The molecule has 0 fully saturated rings. The van der Waals surface area contributed by atoms with Crippen molar-refractivity contribution in [3.63, 3.8) is 0 Å². The van der Waals surface area contributed by atoms with Crippen LogP contribution in [0.4, 0.5) is 0 Å². The predicted molar refractivity (Wildman–Crippen MR) is 87.4 cm³/mol. The molecule has 1 amide bonds. The largest absolute Gasteiger partial charge is 0.486 e. The molecule has 122 valence electrons. The summed E-state index contributed by atoms with van der Waals surface area (Å²) in [5.41, 5.74) is 0.910. The van der Waals surface area contributed by atoms with Crippen molar-refractivity contribution in [2.75, 3.05) is 13.2 Å². The number of amides is 1. The quantitative estimate of drug-likeness (QED) is 0.682. The van der Waals surface area contributed by atoms with Gasteiger partial charge in [0.15, 0.2) is 16.3 Å². The Labute approximate surface area is 140 Å². The number of aromatic nitrogens is 2. The Morgan fingerprint density at radius 3 is 2.88 bits per heavy atom. The van der Waals surface area contributed by atoms with Crippen LogP contribution in [0.5, 0.6) is 11.5 Å². The molecule has 0 aliphatic carbocycles. The minimum Gasteiger partial charge on any atom is -0.486 e. The van der Waals surface area contributed by atoms with Gasteiger partial charge in [-0.1, -0.05) is 22.6 Å². The van der Waals surface area contributed by atoms with Gasteiger partial charge >= 0.3 is 5.91 Å². The van der Waals surface area contributed by atoms with E-state index in [0.29, 0.717) is 36.1 Å². The topological polar surface area (TPSA) is 78.9 Å². The van der Waals surface area contributed by atoms with Crippen molar-refractivity contribution in [3.8, 4) is 11.5 Å². The number of carbonyl (C=O) groups is 1. The van der Waals surface area contributed by atoms with E-state index in [1.165, 1.54) is 23.6 Å². The van der Waals surface area contributed by atoms with E-state index in [2.05, 4.69) is 16.7 Å². The molecule has 3 aromatic rings. The number of hydrogen-bond acceptors (Lipinski definition) is 6. The van der Waals surface area contributed by atoms with Gasteiger partial charge in [-0.25, -0.2) is 0 Å². The second-order valence-electron chi connectivity index (χ2n) is 5.04. The average Bonchev–Trinajstić information content (AvgIpc) is 3.22. The highest BCUT2D eigenvalue weighted by Crippen LogP contribution is 2.35. The maximum Gasteiger partial charge on any atom is 0.318 e. The van der Waals surface area contributed by atoms with E-state index >= 15 is 0 Å². The third-order valence-corrected chi connectivity index (χ3v) is 4.55. The van der Waals surface area contributed by atoms with Gasteiger partial charge in [0.1, 0.15) is 13.2 Å². The third kappa shape index (κ3) is 2.50. The lowest BCUT2D eigenvalue weighted by Gasteiger charge is -2.18. The van der Waals surface area contributed by atoms with Gasteiger partial charge in [-0.15, -0.1) is 6.58 Å². The summed E-state index contributed by atoms with van der Waals surface area (Å²) in [6.45, 7) is 5.33. The van der Waals surface area contributed by atoms with Crippen LogP contribution in [-0.4, -0.2) is 28.8 Å². The van der Waals surface area contributed by atoms with Crippen LogP contribution in [0.15, 0.2) is 46.6 Å².